The summed E-state index contributed by atoms with van der Waals surface area (Å²) in [4.78, 5) is 4.40. The van der Waals surface area contributed by atoms with Crippen molar-refractivity contribution < 1.29 is 0 Å². The summed E-state index contributed by atoms with van der Waals surface area (Å²) in [6.07, 6.45) is 3.58. The Balaban J connectivity index is 2.56. The van der Waals surface area contributed by atoms with Crippen LogP contribution in [0.3, 0.4) is 0 Å². The highest BCUT2D eigenvalue weighted by atomic mass is 32.1. The molecule has 0 aliphatic carbocycles. The lowest BCUT2D eigenvalue weighted by atomic mass is 9.81. The van der Waals surface area contributed by atoms with E-state index in [1.165, 1.54) is 18.5 Å². The third-order valence-electron chi connectivity index (χ3n) is 2.88. The van der Waals surface area contributed by atoms with Crippen LogP contribution in [-0.4, -0.2) is 17.6 Å². The van der Waals surface area contributed by atoms with Gasteiger partial charge in [-0.3, -0.25) is 0 Å². The van der Waals surface area contributed by atoms with Crippen molar-refractivity contribution in [2.24, 2.45) is 5.41 Å². The fourth-order valence-electron chi connectivity index (χ4n) is 2.06. The molecular weight excluding hydrogens is 216 g/mol. The Hall–Kier alpha value is -0.410. The van der Waals surface area contributed by atoms with Crippen LogP contribution < -0.4 is 5.32 Å². The summed E-state index contributed by atoms with van der Waals surface area (Å²) < 4.78 is 0. The summed E-state index contributed by atoms with van der Waals surface area (Å²) in [5, 5.41) is 5.73. The Bertz CT molecular complexity index is 282. The molecule has 0 aromatic carbocycles. The summed E-state index contributed by atoms with van der Waals surface area (Å²) in [6.45, 7) is 10.1. The van der Waals surface area contributed by atoms with Gasteiger partial charge in [0.25, 0.3) is 0 Å². The summed E-state index contributed by atoms with van der Waals surface area (Å²) in [7, 11) is 0. The number of rotatable bonds is 7. The van der Waals surface area contributed by atoms with Crippen molar-refractivity contribution >= 4 is 11.3 Å². The smallest absolute Gasteiger partial charge is 0.0794 e. The number of aromatic nitrogens is 1. The van der Waals surface area contributed by atoms with Gasteiger partial charge in [-0.15, -0.1) is 11.3 Å². The fourth-order valence-corrected chi connectivity index (χ4v) is 2.61. The van der Waals surface area contributed by atoms with Crippen LogP contribution in [0, 0.1) is 5.41 Å². The molecule has 0 saturated heterocycles. The molecule has 92 valence electrons. The van der Waals surface area contributed by atoms with Crippen molar-refractivity contribution in [3.05, 3.63) is 16.6 Å². The number of hydrogen-bond donors (Lipinski definition) is 1. The summed E-state index contributed by atoms with van der Waals surface area (Å²) in [6, 6.07) is 0.562. The van der Waals surface area contributed by atoms with Crippen LogP contribution in [0.2, 0.25) is 0 Å². The van der Waals surface area contributed by atoms with E-state index in [2.05, 4.69) is 43.4 Å². The maximum atomic E-state index is 4.40. The van der Waals surface area contributed by atoms with Crippen molar-refractivity contribution in [3.63, 3.8) is 0 Å². The minimum Gasteiger partial charge on any atom is -0.314 e. The van der Waals surface area contributed by atoms with Gasteiger partial charge in [-0.25, -0.2) is 4.98 Å². The lowest BCUT2D eigenvalue weighted by molar-refractivity contribution is 0.265. The van der Waals surface area contributed by atoms with Crippen LogP contribution in [-0.2, 0) is 6.42 Å². The van der Waals surface area contributed by atoms with Gasteiger partial charge >= 0.3 is 0 Å². The maximum Gasteiger partial charge on any atom is 0.0794 e. The van der Waals surface area contributed by atoms with E-state index in [1.807, 2.05) is 5.51 Å². The van der Waals surface area contributed by atoms with E-state index >= 15 is 0 Å². The molecule has 0 amide bonds. The predicted octanol–water partition coefficient (Wildman–Crippen LogP) is 3.49. The van der Waals surface area contributed by atoms with Gasteiger partial charge in [0, 0.05) is 18.0 Å². The van der Waals surface area contributed by atoms with Crippen molar-refractivity contribution in [2.45, 2.75) is 53.0 Å². The number of hydrogen-bond acceptors (Lipinski definition) is 3. The molecule has 0 saturated carbocycles. The van der Waals surface area contributed by atoms with Crippen LogP contribution >= 0.6 is 11.3 Å². The molecule has 1 atom stereocenters. The van der Waals surface area contributed by atoms with Gasteiger partial charge in [-0.05, 0) is 18.3 Å². The fraction of sp³-hybridized carbons (Fsp3) is 0.769. The second kappa shape index (κ2) is 6.36. The van der Waals surface area contributed by atoms with Gasteiger partial charge < -0.3 is 5.32 Å². The molecule has 0 spiro atoms. The quantitative estimate of drug-likeness (QED) is 0.789. The summed E-state index contributed by atoms with van der Waals surface area (Å²) in [5.74, 6) is 0. The molecule has 1 heterocycles. The molecule has 1 unspecified atom stereocenters. The zero-order valence-corrected chi connectivity index (χ0v) is 11.7. The standard InChI is InChI=1S/C13H24N2S/c1-5-6-13(4,9-14-11(2)3)7-12-8-16-10-15-12/h8,10-11,14H,5-7,9H2,1-4H3. The molecule has 0 bridgehead atoms. The van der Waals surface area contributed by atoms with Gasteiger partial charge in [0.15, 0.2) is 0 Å². The Morgan fingerprint density at radius 1 is 1.50 bits per heavy atom. The zero-order chi connectivity index (χ0) is 12.0. The average molecular weight is 240 g/mol. The Morgan fingerprint density at radius 3 is 2.75 bits per heavy atom. The van der Waals surface area contributed by atoms with E-state index in [4.69, 9.17) is 0 Å². The van der Waals surface area contributed by atoms with Crippen molar-refractivity contribution in [2.75, 3.05) is 6.54 Å². The second-order valence-electron chi connectivity index (χ2n) is 5.25. The van der Waals surface area contributed by atoms with Gasteiger partial charge in [0.1, 0.15) is 0 Å². The first-order valence-corrected chi connectivity index (χ1v) is 7.10. The first-order valence-electron chi connectivity index (χ1n) is 6.16. The van der Waals surface area contributed by atoms with E-state index in [0.29, 0.717) is 11.5 Å². The van der Waals surface area contributed by atoms with Crippen LogP contribution in [0.5, 0.6) is 0 Å². The topological polar surface area (TPSA) is 24.9 Å². The normalized spacial score (nSPS) is 15.3. The highest BCUT2D eigenvalue weighted by molar-refractivity contribution is 7.07. The molecule has 1 aromatic rings. The van der Waals surface area contributed by atoms with Crippen molar-refractivity contribution in [1.29, 1.82) is 0 Å². The molecule has 0 radical (unpaired) electrons. The molecule has 0 aliphatic heterocycles. The van der Waals surface area contributed by atoms with Crippen LogP contribution in [0.25, 0.3) is 0 Å². The van der Waals surface area contributed by atoms with Gasteiger partial charge in [-0.2, -0.15) is 0 Å². The highest BCUT2D eigenvalue weighted by Crippen LogP contribution is 2.27. The minimum atomic E-state index is 0.340. The van der Waals surface area contributed by atoms with Crippen LogP contribution in [0.1, 0.15) is 46.2 Å². The van der Waals surface area contributed by atoms with E-state index in [9.17, 15) is 0 Å². The highest BCUT2D eigenvalue weighted by Gasteiger charge is 2.24. The molecule has 1 aromatic heterocycles. The number of nitrogens with one attached hydrogen (secondary N) is 1. The van der Waals surface area contributed by atoms with Crippen molar-refractivity contribution in [3.8, 4) is 0 Å². The molecule has 0 fully saturated rings. The van der Waals surface area contributed by atoms with Gasteiger partial charge in [-0.1, -0.05) is 34.1 Å². The molecule has 2 nitrogen and oxygen atoms in total. The number of thiazole rings is 1. The molecule has 16 heavy (non-hydrogen) atoms. The van der Waals surface area contributed by atoms with E-state index in [0.717, 1.165) is 13.0 Å². The monoisotopic (exact) mass is 240 g/mol. The molecular formula is C13H24N2S. The second-order valence-corrected chi connectivity index (χ2v) is 5.97. The van der Waals surface area contributed by atoms with Crippen molar-refractivity contribution in [1.82, 2.24) is 10.3 Å². The molecule has 1 N–H and O–H groups in total. The first-order chi connectivity index (χ1) is 7.56. The van der Waals surface area contributed by atoms with Crippen LogP contribution in [0.15, 0.2) is 10.9 Å². The lowest BCUT2D eigenvalue weighted by Crippen LogP contribution is -2.37. The van der Waals surface area contributed by atoms with E-state index in [1.54, 1.807) is 11.3 Å². The molecule has 3 heteroatoms. The number of nitrogens with zero attached hydrogens (tertiary/aromatic N) is 1. The Labute approximate surface area is 103 Å². The third-order valence-corrected chi connectivity index (χ3v) is 3.52. The zero-order valence-electron chi connectivity index (χ0n) is 10.9. The SMILES string of the molecule is CCCC(C)(CNC(C)C)Cc1cscn1. The lowest BCUT2D eigenvalue weighted by Gasteiger charge is -2.30. The van der Waals surface area contributed by atoms with E-state index in [-0.39, 0.29) is 0 Å². The Kier molecular flexibility index (Phi) is 5.42. The third kappa shape index (κ3) is 4.62. The van der Waals surface area contributed by atoms with E-state index < -0.39 is 0 Å². The van der Waals surface area contributed by atoms with Crippen LogP contribution in [0.4, 0.5) is 0 Å². The molecule has 0 aliphatic rings. The average Bonchev–Trinajstić information content (AvgIpc) is 2.68. The molecule has 1 rings (SSSR count). The summed E-state index contributed by atoms with van der Waals surface area (Å²) >= 11 is 1.69. The van der Waals surface area contributed by atoms with Gasteiger partial charge in [0.05, 0.1) is 11.2 Å². The minimum absolute atomic E-state index is 0.340. The largest absolute Gasteiger partial charge is 0.314 e. The Morgan fingerprint density at radius 2 is 2.25 bits per heavy atom. The van der Waals surface area contributed by atoms with Gasteiger partial charge in [0.2, 0.25) is 0 Å². The predicted molar refractivity (Wildman–Crippen MR) is 72.0 cm³/mol. The first kappa shape index (κ1) is 13.7. The summed E-state index contributed by atoms with van der Waals surface area (Å²) in [5.41, 5.74) is 3.51. The maximum absolute atomic E-state index is 4.40.